The van der Waals surface area contributed by atoms with Crippen LogP contribution in [-0.2, 0) is 6.61 Å². The van der Waals surface area contributed by atoms with Crippen molar-refractivity contribution >= 4 is 16.8 Å². The lowest BCUT2D eigenvalue weighted by Crippen LogP contribution is -2.37. The average Bonchev–Trinajstić information content (AvgIpc) is 3.31. The van der Waals surface area contributed by atoms with Crippen molar-refractivity contribution in [3.8, 4) is 5.75 Å². The molecule has 7 nitrogen and oxygen atoms in total. The van der Waals surface area contributed by atoms with Crippen LogP contribution in [0.2, 0.25) is 0 Å². The molecule has 1 atom stereocenters. The lowest BCUT2D eigenvalue weighted by molar-refractivity contribution is 0.0925. The standard InChI is InChI=1S/C21H24N4O3/c1-21(8-10-25(2)14-21)13-23-20(26)17-11-16(28-24-17)12-27-18-7-3-5-15-6-4-9-22-19(15)18/h3-7,9,11H,8,10,12-14H2,1-2H3,(H,23,26). The predicted molar refractivity (Wildman–Crippen MR) is 105 cm³/mol. The van der Waals surface area contributed by atoms with Gasteiger partial charge < -0.3 is 19.5 Å². The van der Waals surface area contributed by atoms with E-state index >= 15 is 0 Å². The molecule has 3 heterocycles. The van der Waals surface area contributed by atoms with Crippen molar-refractivity contribution in [2.75, 3.05) is 26.7 Å². The Morgan fingerprint density at radius 1 is 1.36 bits per heavy atom. The van der Waals surface area contributed by atoms with Gasteiger partial charge in [-0.05, 0) is 37.6 Å². The summed E-state index contributed by atoms with van der Waals surface area (Å²) in [6, 6.07) is 11.2. The van der Waals surface area contributed by atoms with Gasteiger partial charge in [-0.3, -0.25) is 9.78 Å². The highest BCUT2D eigenvalue weighted by molar-refractivity contribution is 5.92. The van der Waals surface area contributed by atoms with Crippen LogP contribution in [0.15, 0.2) is 47.1 Å². The van der Waals surface area contributed by atoms with Crippen LogP contribution in [0, 0.1) is 5.41 Å². The van der Waals surface area contributed by atoms with Gasteiger partial charge in [-0.15, -0.1) is 0 Å². The number of nitrogens with one attached hydrogen (secondary N) is 1. The second kappa shape index (κ2) is 7.59. The molecule has 1 aliphatic rings. The van der Waals surface area contributed by atoms with Gasteiger partial charge in [0.1, 0.15) is 17.9 Å². The van der Waals surface area contributed by atoms with E-state index in [1.54, 1.807) is 12.3 Å². The Balaban J connectivity index is 1.36. The van der Waals surface area contributed by atoms with E-state index < -0.39 is 0 Å². The van der Waals surface area contributed by atoms with Crippen LogP contribution >= 0.6 is 0 Å². The van der Waals surface area contributed by atoms with Crippen LogP contribution < -0.4 is 10.1 Å². The van der Waals surface area contributed by atoms with Gasteiger partial charge >= 0.3 is 0 Å². The van der Waals surface area contributed by atoms with E-state index in [0.717, 1.165) is 30.4 Å². The fourth-order valence-electron chi connectivity index (χ4n) is 3.63. The van der Waals surface area contributed by atoms with Crippen LogP contribution in [0.1, 0.15) is 29.6 Å². The molecule has 1 unspecified atom stereocenters. The number of hydrogen-bond donors (Lipinski definition) is 1. The molecule has 4 rings (SSSR count). The second-order valence-corrected chi connectivity index (χ2v) is 7.78. The van der Waals surface area contributed by atoms with E-state index in [2.05, 4.69) is 34.3 Å². The molecule has 7 heteroatoms. The molecule has 1 N–H and O–H groups in total. The first-order valence-electron chi connectivity index (χ1n) is 9.41. The van der Waals surface area contributed by atoms with Crippen molar-refractivity contribution in [3.63, 3.8) is 0 Å². The van der Waals surface area contributed by atoms with Gasteiger partial charge in [-0.1, -0.05) is 30.3 Å². The number of hydrogen-bond acceptors (Lipinski definition) is 6. The van der Waals surface area contributed by atoms with Crippen molar-refractivity contribution in [2.24, 2.45) is 5.41 Å². The largest absolute Gasteiger partial charge is 0.483 e. The number of carbonyl (C=O) groups is 1. The van der Waals surface area contributed by atoms with Crippen LogP contribution in [0.25, 0.3) is 10.9 Å². The molecule has 0 bridgehead atoms. The molecule has 1 aromatic carbocycles. The summed E-state index contributed by atoms with van der Waals surface area (Å²) in [5.41, 5.74) is 1.16. The summed E-state index contributed by atoms with van der Waals surface area (Å²) in [6.07, 6.45) is 2.80. The zero-order valence-electron chi connectivity index (χ0n) is 16.1. The number of aromatic nitrogens is 2. The molecule has 1 saturated heterocycles. The fraction of sp³-hybridized carbons (Fsp3) is 0.381. The minimum absolute atomic E-state index is 0.0987. The zero-order chi connectivity index (χ0) is 19.6. The zero-order valence-corrected chi connectivity index (χ0v) is 16.1. The average molecular weight is 380 g/mol. The van der Waals surface area contributed by atoms with Crippen molar-refractivity contribution in [1.82, 2.24) is 20.4 Å². The fourth-order valence-corrected chi connectivity index (χ4v) is 3.63. The van der Waals surface area contributed by atoms with Crippen LogP contribution in [0.5, 0.6) is 5.75 Å². The first-order chi connectivity index (χ1) is 13.5. The molecule has 146 valence electrons. The molecule has 1 amide bonds. The summed E-state index contributed by atoms with van der Waals surface area (Å²) in [6.45, 7) is 5.02. The molecule has 28 heavy (non-hydrogen) atoms. The highest BCUT2D eigenvalue weighted by Crippen LogP contribution is 2.28. The number of likely N-dealkylation sites (tertiary alicyclic amines) is 1. The van der Waals surface area contributed by atoms with E-state index in [-0.39, 0.29) is 23.6 Å². The summed E-state index contributed by atoms with van der Waals surface area (Å²) in [4.78, 5) is 19.0. The number of ether oxygens (including phenoxy) is 1. The first kappa shape index (κ1) is 18.4. The number of nitrogens with zero attached hydrogens (tertiary/aromatic N) is 3. The Labute approximate surface area is 163 Å². The molecule has 0 saturated carbocycles. The molecule has 0 radical (unpaired) electrons. The third-order valence-electron chi connectivity index (χ3n) is 5.18. The molecule has 0 aliphatic carbocycles. The second-order valence-electron chi connectivity index (χ2n) is 7.78. The molecule has 0 spiro atoms. The van der Waals surface area contributed by atoms with E-state index in [1.165, 1.54) is 0 Å². The summed E-state index contributed by atoms with van der Waals surface area (Å²) >= 11 is 0. The summed E-state index contributed by atoms with van der Waals surface area (Å²) in [5, 5.41) is 7.86. The molecule has 3 aromatic rings. The first-order valence-corrected chi connectivity index (χ1v) is 9.41. The number of para-hydroxylation sites is 1. The lowest BCUT2D eigenvalue weighted by Gasteiger charge is -2.23. The van der Waals surface area contributed by atoms with Crippen LogP contribution in [-0.4, -0.2) is 47.6 Å². The SMILES string of the molecule is CN1CCC(C)(CNC(=O)c2cc(COc3cccc4cccnc34)on2)C1. The molecule has 2 aromatic heterocycles. The third-order valence-corrected chi connectivity index (χ3v) is 5.18. The van der Waals surface area contributed by atoms with Gasteiger partial charge in [0.05, 0.1) is 0 Å². The molecular weight excluding hydrogens is 356 g/mol. The number of benzene rings is 1. The van der Waals surface area contributed by atoms with Crippen molar-refractivity contribution < 1.29 is 14.1 Å². The quantitative estimate of drug-likeness (QED) is 0.708. The van der Waals surface area contributed by atoms with Crippen molar-refractivity contribution in [3.05, 3.63) is 54.0 Å². The van der Waals surface area contributed by atoms with Gasteiger partial charge in [-0.25, -0.2) is 0 Å². The Kier molecular flexibility index (Phi) is 5.00. The van der Waals surface area contributed by atoms with Gasteiger partial charge in [0.15, 0.2) is 11.5 Å². The van der Waals surface area contributed by atoms with E-state index in [1.807, 2.05) is 30.3 Å². The topological polar surface area (TPSA) is 80.5 Å². The van der Waals surface area contributed by atoms with Gasteiger partial charge in [0.2, 0.25) is 0 Å². The number of rotatable bonds is 6. The van der Waals surface area contributed by atoms with Crippen molar-refractivity contribution in [1.29, 1.82) is 0 Å². The molecule has 1 fully saturated rings. The van der Waals surface area contributed by atoms with Gasteiger partial charge in [0.25, 0.3) is 5.91 Å². The highest BCUT2D eigenvalue weighted by atomic mass is 16.5. The Morgan fingerprint density at radius 2 is 2.21 bits per heavy atom. The Bertz CT molecular complexity index is 981. The number of fused-ring (bicyclic) bond motifs is 1. The van der Waals surface area contributed by atoms with Crippen molar-refractivity contribution in [2.45, 2.75) is 20.0 Å². The van der Waals surface area contributed by atoms with E-state index in [4.69, 9.17) is 9.26 Å². The Hall–Kier alpha value is -2.93. The number of carbonyl (C=O) groups excluding carboxylic acids is 1. The normalized spacial score (nSPS) is 19.8. The van der Waals surface area contributed by atoms with Gasteiger partial charge in [0, 0.05) is 30.7 Å². The molecule has 1 aliphatic heterocycles. The maximum Gasteiger partial charge on any atom is 0.273 e. The lowest BCUT2D eigenvalue weighted by atomic mass is 9.90. The Morgan fingerprint density at radius 3 is 3.04 bits per heavy atom. The minimum Gasteiger partial charge on any atom is -0.483 e. The summed E-state index contributed by atoms with van der Waals surface area (Å²) in [5.74, 6) is 0.932. The number of pyridine rings is 1. The highest BCUT2D eigenvalue weighted by Gasteiger charge is 2.32. The predicted octanol–water partition coefficient (Wildman–Crippen LogP) is 2.87. The summed E-state index contributed by atoms with van der Waals surface area (Å²) in [7, 11) is 2.10. The van der Waals surface area contributed by atoms with E-state index in [0.29, 0.717) is 18.1 Å². The monoisotopic (exact) mass is 380 g/mol. The van der Waals surface area contributed by atoms with Crippen LogP contribution in [0.3, 0.4) is 0 Å². The van der Waals surface area contributed by atoms with Crippen LogP contribution in [0.4, 0.5) is 0 Å². The maximum atomic E-state index is 12.4. The summed E-state index contributed by atoms with van der Waals surface area (Å²) < 4.78 is 11.1. The molecular formula is C21H24N4O3. The minimum atomic E-state index is -0.224. The third kappa shape index (κ3) is 3.99. The smallest absolute Gasteiger partial charge is 0.273 e. The van der Waals surface area contributed by atoms with Gasteiger partial charge in [-0.2, -0.15) is 0 Å². The maximum absolute atomic E-state index is 12.4. The van der Waals surface area contributed by atoms with E-state index in [9.17, 15) is 4.79 Å². The number of amides is 1.